The number of hydrogen-bond acceptors (Lipinski definition) is 6. The van der Waals surface area contributed by atoms with Crippen LogP contribution in [0.15, 0.2) is 10.6 Å². The van der Waals surface area contributed by atoms with Gasteiger partial charge in [-0.05, 0) is 20.8 Å². The molecule has 114 valence electrons. The third-order valence-corrected chi connectivity index (χ3v) is 3.25. The third kappa shape index (κ3) is 3.71. The van der Waals surface area contributed by atoms with Crippen molar-refractivity contribution < 1.29 is 4.52 Å². The molecule has 0 aromatic carbocycles. The van der Waals surface area contributed by atoms with Gasteiger partial charge in [-0.25, -0.2) is 9.97 Å². The average Bonchev–Trinajstić information content (AvgIpc) is 2.76. The summed E-state index contributed by atoms with van der Waals surface area (Å²) in [4.78, 5) is 9.07. The molecule has 0 amide bonds. The van der Waals surface area contributed by atoms with Gasteiger partial charge in [-0.2, -0.15) is 0 Å². The molecule has 0 fully saturated rings. The van der Waals surface area contributed by atoms with Gasteiger partial charge < -0.3 is 15.2 Å². The summed E-state index contributed by atoms with van der Waals surface area (Å²) in [6, 6.07) is 1.92. The van der Waals surface area contributed by atoms with Crippen molar-refractivity contribution in [2.24, 2.45) is 0 Å². The molecule has 0 aliphatic heterocycles. The standard InChI is InChI=1S/C15H23N5O/c1-6-16-13-7-14(19-15(18-13)9(2)3)17-8-12-10(4)20-21-11(12)5/h7,9H,6,8H2,1-5H3,(H2,16,17,18,19). The van der Waals surface area contributed by atoms with Crippen LogP contribution in [0.1, 0.15) is 49.5 Å². The van der Waals surface area contributed by atoms with Crippen LogP contribution in [0.4, 0.5) is 11.6 Å². The van der Waals surface area contributed by atoms with Gasteiger partial charge in [-0.15, -0.1) is 0 Å². The fourth-order valence-electron chi connectivity index (χ4n) is 2.02. The third-order valence-electron chi connectivity index (χ3n) is 3.25. The Morgan fingerprint density at radius 1 is 1.14 bits per heavy atom. The number of rotatable bonds is 6. The van der Waals surface area contributed by atoms with Crippen LogP contribution < -0.4 is 10.6 Å². The van der Waals surface area contributed by atoms with E-state index in [-0.39, 0.29) is 5.92 Å². The summed E-state index contributed by atoms with van der Waals surface area (Å²) < 4.78 is 5.17. The molecule has 2 aromatic rings. The molecule has 0 aliphatic rings. The maximum absolute atomic E-state index is 5.17. The van der Waals surface area contributed by atoms with Crippen molar-refractivity contribution in [3.05, 3.63) is 28.9 Å². The number of hydrogen-bond donors (Lipinski definition) is 2. The van der Waals surface area contributed by atoms with E-state index < -0.39 is 0 Å². The second-order valence-corrected chi connectivity index (χ2v) is 5.34. The Balaban J connectivity index is 2.19. The van der Waals surface area contributed by atoms with E-state index in [0.29, 0.717) is 6.54 Å². The molecule has 6 heteroatoms. The van der Waals surface area contributed by atoms with E-state index in [1.165, 1.54) is 0 Å². The van der Waals surface area contributed by atoms with Crippen LogP contribution in [0.5, 0.6) is 0 Å². The van der Waals surface area contributed by atoms with Crippen molar-refractivity contribution in [3.63, 3.8) is 0 Å². The molecule has 0 unspecified atom stereocenters. The predicted molar refractivity (Wildman–Crippen MR) is 83.6 cm³/mol. The van der Waals surface area contributed by atoms with Gasteiger partial charge in [0.15, 0.2) is 0 Å². The lowest BCUT2D eigenvalue weighted by molar-refractivity contribution is 0.392. The first kappa shape index (κ1) is 15.3. The van der Waals surface area contributed by atoms with Gasteiger partial charge in [0.25, 0.3) is 0 Å². The molecular formula is C15H23N5O. The number of nitrogens with one attached hydrogen (secondary N) is 2. The van der Waals surface area contributed by atoms with Crippen molar-refractivity contribution in [1.29, 1.82) is 0 Å². The second kappa shape index (κ2) is 6.56. The minimum Gasteiger partial charge on any atom is -0.370 e. The monoisotopic (exact) mass is 289 g/mol. The Morgan fingerprint density at radius 3 is 2.33 bits per heavy atom. The molecule has 0 radical (unpaired) electrons. The normalized spacial score (nSPS) is 11.0. The van der Waals surface area contributed by atoms with Gasteiger partial charge in [0.05, 0.1) is 5.69 Å². The van der Waals surface area contributed by atoms with Gasteiger partial charge in [0.2, 0.25) is 0 Å². The number of aromatic nitrogens is 3. The second-order valence-electron chi connectivity index (χ2n) is 5.34. The summed E-state index contributed by atoms with van der Waals surface area (Å²) in [5.74, 6) is 3.60. The van der Waals surface area contributed by atoms with Crippen molar-refractivity contribution in [2.75, 3.05) is 17.2 Å². The van der Waals surface area contributed by atoms with E-state index in [9.17, 15) is 0 Å². The summed E-state index contributed by atoms with van der Waals surface area (Å²) in [5, 5.41) is 10.5. The van der Waals surface area contributed by atoms with E-state index in [0.717, 1.165) is 41.0 Å². The van der Waals surface area contributed by atoms with Crippen LogP contribution in [0.3, 0.4) is 0 Å². The fraction of sp³-hybridized carbons (Fsp3) is 0.533. The van der Waals surface area contributed by atoms with Gasteiger partial charge >= 0.3 is 0 Å². The summed E-state index contributed by atoms with van der Waals surface area (Å²) >= 11 is 0. The molecule has 0 aliphatic carbocycles. The van der Waals surface area contributed by atoms with E-state index in [1.807, 2.05) is 26.8 Å². The molecule has 2 heterocycles. The maximum Gasteiger partial charge on any atom is 0.138 e. The molecule has 0 atom stereocenters. The van der Waals surface area contributed by atoms with E-state index in [4.69, 9.17) is 4.52 Å². The topological polar surface area (TPSA) is 75.9 Å². The quantitative estimate of drug-likeness (QED) is 0.850. The largest absolute Gasteiger partial charge is 0.370 e. The van der Waals surface area contributed by atoms with Gasteiger partial charge in [-0.1, -0.05) is 19.0 Å². The molecule has 2 rings (SSSR count). The Hall–Kier alpha value is -2.11. The zero-order valence-corrected chi connectivity index (χ0v) is 13.3. The number of nitrogens with zero attached hydrogens (tertiary/aromatic N) is 3. The zero-order chi connectivity index (χ0) is 15.4. The highest BCUT2D eigenvalue weighted by atomic mass is 16.5. The molecule has 2 aromatic heterocycles. The smallest absolute Gasteiger partial charge is 0.138 e. The minimum absolute atomic E-state index is 0.281. The Kier molecular flexibility index (Phi) is 4.77. The Morgan fingerprint density at radius 2 is 1.81 bits per heavy atom. The van der Waals surface area contributed by atoms with Crippen LogP contribution in [0.2, 0.25) is 0 Å². The van der Waals surface area contributed by atoms with E-state index in [1.54, 1.807) is 0 Å². The van der Waals surface area contributed by atoms with E-state index in [2.05, 4.69) is 39.6 Å². The summed E-state index contributed by atoms with van der Waals surface area (Å²) in [7, 11) is 0. The number of aryl methyl sites for hydroxylation is 2. The maximum atomic E-state index is 5.17. The molecule has 0 saturated heterocycles. The zero-order valence-electron chi connectivity index (χ0n) is 13.3. The van der Waals surface area contributed by atoms with Crippen LogP contribution >= 0.6 is 0 Å². The summed E-state index contributed by atoms with van der Waals surface area (Å²) in [6.07, 6.45) is 0. The predicted octanol–water partition coefficient (Wildman–Crippen LogP) is 3.25. The highest BCUT2D eigenvalue weighted by Crippen LogP contribution is 2.19. The van der Waals surface area contributed by atoms with Gasteiger partial charge in [0.1, 0.15) is 23.2 Å². The Labute approximate surface area is 125 Å². The highest BCUT2D eigenvalue weighted by Gasteiger charge is 2.11. The fourth-order valence-corrected chi connectivity index (χ4v) is 2.02. The van der Waals surface area contributed by atoms with Crippen molar-refractivity contribution in [1.82, 2.24) is 15.1 Å². The summed E-state index contributed by atoms with van der Waals surface area (Å²) in [6.45, 7) is 11.6. The van der Waals surface area contributed by atoms with Gasteiger partial charge in [0, 0.05) is 30.6 Å². The molecule has 21 heavy (non-hydrogen) atoms. The first-order chi connectivity index (χ1) is 10.0. The lowest BCUT2D eigenvalue weighted by Crippen LogP contribution is -2.09. The van der Waals surface area contributed by atoms with Crippen LogP contribution in [0, 0.1) is 13.8 Å². The molecule has 6 nitrogen and oxygen atoms in total. The first-order valence-corrected chi connectivity index (χ1v) is 7.29. The lowest BCUT2D eigenvalue weighted by atomic mass is 10.2. The molecular weight excluding hydrogens is 266 g/mol. The summed E-state index contributed by atoms with van der Waals surface area (Å²) in [5.41, 5.74) is 1.98. The van der Waals surface area contributed by atoms with Crippen molar-refractivity contribution in [3.8, 4) is 0 Å². The molecule has 0 spiro atoms. The van der Waals surface area contributed by atoms with Crippen LogP contribution in [0.25, 0.3) is 0 Å². The molecule has 0 saturated carbocycles. The number of anilines is 2. The van der Waals surface area contributed by atoms with Crippen LogP contribution in [-0.2, 0) is 6.54 Å². The van der Waals surface area contributed by atoms with Crippen molar-refractivity contribution in [2.45, 2.75) is 47.1 Å². The highest BCUT2D eigenvalue weighted by molar-refractivity contribution is 5.48. The van der Waals surface area contributed by atoms with Gasteiger partial charge in [-0.3, -0.25) is 0 Å². The first-order valence-electron chi connectivity index (χ1n) is 7.29. The lowest BCUT2D eigenvalue weighted by Gasteiger charge is -2.12. The van der Waals surface area contributed by atoms with E-state index >= 15 is 0 Å². The molecule has 2 N–H and O–H groups in total. The minimum atomic E-state index is 0.281. The molecule has 0 bridgehead atoms. The average molecular weight is 289 g/mol. The van der Waals surface area contributed by atoms with Crippen molar-refractivity contribution >= 4 is 11.6 Å². The Bertz CT molecular complexity index is 587. The van der Waals surface area contributed by atoms with Crippen LogP contribution in [-0.4, -0.2) is 21.7 Å². The SMILES string of the molecule is CCNc1cc(NCc2c(C)noc2C)nc(C(C)C)n1.